The molecule has 1 aromatic rings. The molecule has 1 saturated carbocycles. The van der Waals surface area contributed by atoms with E-state index in [1.165, 1.54) is 18.9 Å². The molecule has 1 N–H and O–H groups in total. The van der Waals surface area contributed by atoms with Crippen LogP contribution in [-0.2, 0) is 16.1 Å². The van der Waals surface area contributed by atoms with Crippen LogP contribution in [0.1, 0.15) is 24.0 Å². The first-order chi connectivity index (χ1) is 10.1. The number of carboxylic acids is 1. The van der Waals surface area contributed by atoms with Gasteiger partial charge < -0.3 is 9.84 Å². The lowest BCUT2D eigenvalue weighted by Crippen LogP contribution is -2.23. The zero-order valence-electron chi connectivity index (χ0n) is 12.5. The van der Waals surface area contributed by atoms with Gasteiger partial charge in [-0.3, -0.25) is 4.90 Å². The zero-order chi connectivity index (χ0) is 15.1. The Morgan fingerprint density at radius 2 is 2.19 bits per heavy atom. The van der Waals surface area contributed by atoms with Gasteiger partial charge in [-0.05, 0) is 43.0 Å². The summed E-state index contributed by atoms with van der Waals surface area (Å²) in [6.45, 7) is 3.31. The van der Waals surface area contributed by atoms with Crippen LogP contribution in [0.5, 0.6) is 0 Å². The van der Waals surface area contributed by atoms with Gasteiger partial charge in [-0.1, -0.05) is 24.3 Å². The number of aliphatic carboxylic acids is 1. The molecule has 1 aliphatic rings. The molecule has 114 valence electrons. The lowest BCUT2D eigenvalue weighted by Gasteiger charge is -2.18. The van der Waals surface area contributed by atoms with Crippen molar-refractivity contribution in [3.8, 4) is 0 Å². The van der Waals surface area contributed by atoms with Gasteiger partial charge in [0.25, 0.3) is 0 Å². The number of hydrogen-bond acceptors (Lipinski definition) is 3. The third-order valence-electron chi connectivity index (χ3n) is 3.57. The van der Waals surface area contributed by atoms with E-state index in [-0.39, 0.29) is 0 Å². The molecule has 4 nitrogen and oxygen atoms in total. The molecule has 0 unspecified atom stereocenters. The smallest absolute Gasteiger partial charge is 0.328 e. The average molecular weight is 289 g/mol. The van der Waals surface area contributed by atoms with E-state index in [9.17, 15) is 4.79 Å². The molecule has 21 heavy (non-hydrogen) atoms. The number of nitrogens with zero attached hydrogens (tertiary/aromatic N) is 1. The summed E-state index contributed by atoms with van der Waals surface area (Å²) in [5, 5.41) is 8.73. The Kier molecular flexibility index (Phi) is 5.96. The standard InChI is InChI=1S/C17H23NO3/c1-18(10-11-21-13-14-6-7-14)12-16-5-3-2-4-15(16)8-9-17(19)20/h2-5,8-9,14H,6-7,10-13H2,1H3,(H,19,20)/b9-8+. The summed E-state index contributed by atoms with van der Waals surface area (Å²) in [6.07, 6.45) is 5.46. The molecule has 2 rings (SSSR count). The predicted octanol–water partition coefficient (Wildman–Crippen LogP) is 2.64. The maximum Gasteiger partial charge on any atom is 0.328 e. The highest BCUT2D eigenvalue weighted by Gasteiger charge is 2.20. The van der Waals surface area contributed by atoms with E-state index in [1.54, 1.807) is 6.08 Å². The molecular weight excluding hydrogens is 266 g/mol. The van der Waals surface area contributed by atoms with Crippen LogP contribution in [0.3, 0.4) is 0 Å². The van der Waals surface area contributed by atoms with Gasteiger partial charge in [0, 0.05) is 25.8 Å². The van der Waals surface area contributed by atoms with Crippen LogP contribution in [0.2, 0.25) is 0 Å². The van der Waals surface area contributed by atoms with Crippen molar-refractivity contribution in [2.24, 2.45) is 5.92 Å². The first kappa shape index (κ1) is 15.7. The van der Waals surface area contributed by atoms with Crippen molar-refractivity contribution in [1.82, 2.24) is 4.90 Å². The maximum absolute atomic E-state index is 10.6. The number of rotatable bonds is 9. The summed E-state index contributed by atoms with van der Waals surface area (Å²) >= 11 is 0. The number of hydrogen-bond donors (Lipinski definition) is 1. The van der Waals surface area contributed by atoms with Crippen molar-refractivity contribution in [2.45, 2.75) is 19.4 Å². The third-order valence-corrected chi connectivity index (χ3v) is 3.57. The monoisotopic (exact) mass is 289 g/mol. The topological polar surface area (TPSA) is 49.8 Å². The molecule has 4 heteroatoms. The number of carboxylic acid groups (broad SMARTS) is 1. The quantitative estimate of drug-likeness (QED) is 0.561. The minimum absolute atomic E-state index is 0.750. The van der Waals surface area contributed by atoms with Crippen LogP contribution in [-0.4, -0.2) is 42.8 Å². The second kappa shape index (κ2) is 7.96. The Labute approximate surface area is 126 Å². The van der Waals surface area contributed by atoms with Crippen molar-refractivity contribution in [1.29, 1.82) is 0 Å². The number of carbonyl (C=O) groups is 1. The van der Waals surface area contributed by atoms with E-state index >= 15 is 0 Å². The van der Waals surface area contributed by atoms with Gasteiger partial charge in [0.15, 0.2) is 0 Å². The Hall–Kier alpha value is -1.65. The van der Waals surface area contributed by atoms with E-state index in [0.717, 1.165) is 43.3 Å². The molecule has 0 aromatic heterocycles. The summed E-state index contributed by atoms with van der Waals surface area (Å²) in [7, 11) is 2.05. The van der Waals surface area contributed by atoms with Crippen LogP contribution in [0.15, 0.2) is 30.3 Å². The Morgan fingerprint density at radius 3 is 2.90 bits per heavy atom. The van der Waals surface area contributed by atoms with Crippen LogP contribution >= 0.6 is 0 Å². The average Bonchev–Trinajstić information content (AvgIpc) is 3.27. The van der Waals surface area contributed by atoms with Crippen molar-refractivity contribution in [2.75, 3.05) is 26.8 Å². The largest absolute Gasteiger partial charge is 0.478 e. The molecule has 0 saturated heterocycles. The van der Waals surface area contributed by atoms with Gasteiger partial charge in [-0.15, -0.1) is 0 Å². The lowest BCUT2D eigenvalue weighted by atomic mass is 10.1. The highest BCUT2D eigenvalue weighted by atomic mass is 16.5. The fourth-order valence-electron chi connectivity index (χ4n) is 2.13. The lowest BCUT2D eigenvalue weighted by molar-refractivity contribution is -0.131. The molecule has 0 heterocycles. The summed E-state index contributed by atoms with van der Waals surface area (Å²) in [5.74, 6) is -0.121. The minimum Gasteiger partial charge on any atom is -0.478 e. The molecule has 1 fully saturated rings. The van der Waals surface area contributed by atoms with E-state index in [1.807, 2.05) is 24.3 Å². The van der Waals surface area contributed by atoms with E-state index in [2.05, 4.69) is 11.9 Å². The molecule has 0 spiro atoms. The summed E-state index contributed by atoms with van der Waals surface area (Å²) in [4.78, 5) is 12.8. The molecular formula is C17H23NO3. The Balaban J connectivity index is 1.81. The number of likely N-dealkylation sites (N-methyl/N-ethyl adjacent to an activating group) is 1. The summed E-state index contributed by atoms with van der Waals surface area (Å²) in [5.41, 5.74) is 2.07. The van der Waals surface area contributed by atoms with Crippen molar-refractivity contribution < 1.29 is 14.6 Å². The van der Waals surface area contributed by atoms with Gasteiger partial charge in [-0.25, -0.2) is 4.79 Å². The molecule has 1 aliphatic carbocycles. The van der Waals surface area contributed by atoms with Crippen molar-refractivity contribution in [3.05, 3.63) is 41.5 Å². The maximum atomic E-state index is 10.6. The minimum atomic E-state index is -0.924. The zero-order valence-corrected chi connectivity index (χ0v) is 12.5. The molecule has 0 aliphatic heterocycles. The molecule has 1 aromatic carbocycles. The van der Waals surface area contributed by atoms with E-state index in [0.29, 0.717) is 0 Å². The molecule has 0 amide bonds. The summed E-state index contributed by atoms with van der Waals surface area (Å²) < 4.78 is 5.64. The Morgan fingerprint density at radius 1 is 1.43 bits per heavy atom. The highest BCUT2D eigenvalue weighted by molar-refractivity contribution is 5.85. The Bertz CT molecular complexity index is 495. The van der Waals surface area contributed by atoms with E-state index in [4.69, 9.17) is 9.84 Å². The van der Waals surface area contributed by atoms with Gasteiger partial charge in [-0.2, -0.15) is 0 Å². The first-order valence-electron chi connectivity index (χ1n) is 7.40. The van der Waals surface area contributed by atoms with Crippen LogP contribution in [0.25, 0.3) is 6.08 Å². The van der Waals surface area contributed by atoms with Gasteiger partial charge in [0.1, 0.15) is 0 Å². The van der Waals surface area contributed by atoms with E-state index < -0.39 is 5.97 Å². The third kappa shape index (κ3) is 6.10. The fraction of sp³-hybridized carbons (Fsp3) is 0.471. The van der Waals surface area contributed by atoms with Gasteiger partial charge in [0.2, 0.25) is 0 Å². The highest BCUT2D eigenvalue weighted by Crippen LogP contribution is 2.28. The van der Waals surface area contributed by atoms with Gasteiger partial charge >= 0.3 is 5.97 Å². The van der Waals surface area contributed by atoms with Crippen LogP contribution in [0.4, 0.5) is 0 Å². The predicted molar refractivity (Wildman–Crippen MR) is 83.0 cm³/mol. The van der Waals surface area contributed by atoms with Gasteiger partial charge in [0.05, 0.1) is 6.61 Å². The van der Waals surface area contributed by atoms with Crippen molar-refractivity contribution in [3.63, 3.8) is 0 Å². The molecule has 0 bridgehead atoms. The summed E-state index contributed by atoms with van der Waals surface area (Å²) in [6, 6.07) is 7.87. The van der Waals surface area contributed by atoms with Crippen molar-refractivity contribution >= 4 is 12.0 Å². The molecule has 0 atom stereocenters. The number of ether oxygens (including phenoxy) is 1. The second-order valence-electron chi connectivity index (χ2n) is 5.63. The second-order valence-corrected chi connectivity index (χ2v) is 5.63. The van der Waals surface area contributed by atoms with Crippen LogP contribution < -0.4 is 0 Å². The normalized spacial score (nSPS) is 15.0. The fourth-order valence-corrected chi connectivity index (χ4v) is 2.13. The number of benzene rings is 1. The van der Waals surface area contributed by atoms with Crippen LogP contribution in [0, 0.1) is 5.92 Å². The SMILES string of the molecule is CN(CCOCC1CC1)Cc1ccccc1/C=C/C(=O)O. The first-order valence-corrected chi connectivity index (χ1v) is 7.40. The molecule has 0 radical (unpaired) electrons.